The van der Waals surface area contributed by atoms with Crippen LogP contribution in [0.5, 0.6) is 0 Å². The van der Waals surface area contributed by atoms with E-state index in [1.807, 2.05) is 30.3 Å². The van der Waals surface area contributed by atoms with E-state index >= 15 is 0 Å². The van der Waals surface area contributed by atoms with E-state index in [2.05, 4.69) is 0 Å². The third-order valence-electron chi connectivity index (χ3n) is 2.46. The van der Waals surface area contributed by atoms with Crippen LogP contribution in [0, 0.1) is 0 Å². The zero-order valence-corrected chi connectivity index (χ0v) is 9.35. The van der Waals surface area contributed by atoms with Crippen LogP contribution in [-0.2, 0) is 0 Å². The minimum atomic E-state index is -0.710. The first-order valence-corrected chi connectivity index (χ1v) is 5.34. The summed E-state index contributed by atoms with van der Waals surface area (Å²) in [6, 6.07) is 14.5. The molecule has 0 aliphatic heterocycles. The third-order valence-corrected chi connectivity index (χ3v) is 2.69. The number of anilines is 1. The van der Waals surface area contributed by atoms with Gasteiger partial charge in [-0.25, -0.2) is 0 Å². The van der Waals surface area contributed by atoms with Crippen molar-refractivity contribution in [3.05, 3.63) is 64.7 Å². The van der Waals surface area contributed by atoms with E-state index in [4.69, 9.17) is 17.3 Å². The number of rotatable bonds is 2. The number of hydrogen-bond acceptors (Lipinski definition) is 2. The van der Waals surface area contributed by atoms with Crippen LogP contribution in [0.15, 0.2) is 48.5 Å². The van der Waals surface area contributed by atoms with Gasteiger partial charge in [-0.1, -0.05) is 48.0 Å². The average molecular weight is 234 g/mol. The van der Waals surface area contributed by atoms with Gasteiger partial charge in [-0.15, -0.1) is 0 Å². The van der Waals surface area contributed by atoms with Crippen LogP contribution in [0.1, 0.15) is 17.2 Å². The maximum atomic E-state index is 10.1. The standard InChI is InChI=1S/C13H12ClNO/c14-10-6-7-11(12(15)8-10)13(16)9-4-2-1-3-5-9/h1-8,13,16H,15H2/t13-/m0/s1. The summed E-state index contributed by atoms with van der Waals surface area (Å²) in [5.74, 6) is 0. The van der Waals surface area contributed by atoms with Crippen LogP contribution in [0.4, 0.5) is 5.69 Å². The average Bonchev–Trinajstić information content (AvgIpc) is 2.29. The van der Waals surface area contributed by atoms with Crippen LogP contribution in [0.2, 0.25) is 5.02 Å². The molecular formula is C13H12ClNO. The summed E-state index contributed by atoms with van der Waals surface area (Å²) in [4.78, 5) is 0. The smallest absolute Gasteiger partial charge is 0.106 e. The lowest BCUT2D eigenvalue weighted by Gasteiger charge is -2.13. The number of benzene rings is 2. The van der Waals surface area contributed by atoms with Gasteiger partial charge in [0.15, 0.2) is 0 Å². The van der Waals surface area contributed by atoms with Crippen molar-refractivity contribution in [1.29, 1.82) is 0 Å². The highest BCUT2D eigenvalue weighted by atomic mass is 35.5. The molecule has 2 aromatic rings. The first kappa shape index (κ1) is 11.0. The topological polar surface area (TPSA) is 46.2 Å². The molecule has 2 aromatic carbocycles. The normalized spacial score (nSPS) is 12.4. The highest BCUT2D eigenvalue weighted by molar-refractivity contribution is 6.30. The van der Waals surface area contributed by atoms with E-state index in [-0.39, 0.29) is 0 Å². The maximum absolute atomic E-state index is 10.1. The van der Waals surface area contributed by atoms with Crippen molar-refractivity contribution in [2.75, 3.05) is 5.73 Å². The fourth-order valence-electron chi connectivity index (χ4n) is 1.61. The molecule has 0 saturated heterocycles. The van der Waals surface area contributed by atoms with Gasteiger partial charge in [-0.2, -0.15) is 0 Å². The molecule has 0 bridgehead atoms. The van der Waals surface area contributed by atoms with Crippen LogP contribution in [-0.4, -0.2) is 5.11 Å². The van der Waals surface area contributed by atoms with Gasteiger partial charge < -0.3 is 10.8 Å². The summed E-state index contributed by atoms with van der Waals surface area (Å²) in [7, 11) is 0. The number of hydrogen-bond donors (Lipinski definition) is 2. The Labute approximate surface area is 99.3 Å². The number of aliphatic hydroxyl groups excluding tert-OH is 1. The largest absolute Gasteiger partial charge is 0.398 e. The Bertz CT molecular complexity index is 485. The number of aliphatic hydroxyl groups is 1. The molecule has 3 heteroatoms. The summed E-state index contributed by atoms with van der Waals surface area (Å²) in [5, 5.41) is 10.7. The van der Waals surface area contributed by atoms with Crippen molar-refractivity contribution >= 4 is 17.3 Å². The lowest BCUT2D eigenvalue weighted by atomic mass is 10.0. The van der Waals surface area contributed by atoms with E-state index in [1.165, 1.54) is 0 Å². The monoisotopic (exact) mass is 233 g/mol. The summed E-state index contributed by atoms with van der Waals surface area (Å²) in [6.45, 7) is 0. The summed E-state index contributed by atoms with van der Waals surface area (Å²) in [6.07, 6.45) is -0.710. The Kier molecular flexibility index (Phi) is 3.13. The zero-order valence-electron chi connectivity index (χ0n) is 8.60. The van der Waals surface area contributed by atoms with Crippen molar-refractivity contribution in [2.45, 2.75) is 6.10 Å². The quantitative estimate of drug-likeness (QED) is 0.784. The van der Waals surface area contributed by atoms with E-state index in [0.29, 0.717) is 16.3 Å². The van der Waals surface area contributed by atoms with Crippen LogP contribution in [0.3, 0.4) is 0 Å². The highest BCUT2D eigenvalue weighted by Crippen LogP contribution is 2.28. The fraction of sp³-hybridized carbons (Fsp3) is 0.0769. The molecule has 0 saturated carbocycles. The molecule has 0 spiro atoms. The molecule has 2 rings (SSSR count). The lowest BCUT2D eigenvalue weighted by Crippen LogP contribution is -2.03. The molecule has 3 N–H and O–H groups in total. The van der Waals surface area contributed by atoms with Crippen molar-refractivity contribution in [3.63, 3.8) is 0 Å². The number of nitrogen functional groups attached to an aromatic ring is 1. The predicted molar refractivity (Wildman–Crippen MR) is 66.4 cm³/mol. The molecule has 0 radical (unpaired) electrons. The van der Waals surface area contributed by atoms with Gasteiger partial charge >= 0.3 is 0 Å². The SMILES string of the molecule is Nc1cc(Cl)ccc1[C@@H](O)c1ccccc1. The molecular weight excluding hydrogens is 222 g/mol. The zero-order chi connectivity index (χ0) is 11.5. The third kappa shape index (κ3) is 2.18. The number of nitrogens with two attached hydrogens (primary N) is 1. The lowest BCUT2D eigenvalue weighted by molar-refractivity contribution is 0.221. The van der Waals surface area contributed by atoms with Crippen molar-refractivity contribution in [3.8, 4) is 0 Å². The summed E-state index contributed by atoms with van der Waals surface area (Å²) >= 11 is 5.81. The second-order valence-electron chi connectivity index (χ2n) is 3.59. The first-order chi connectivity index (χ1) is 7.68. The Morgan fingerprint density at radius 1 is 1.06 bits per heavy atom. The molecule has 0 aliphatic rings. The van der Waals surface area contributed by atoms with Gasteiger partial charge in [0.05, 0.1) is 0 Å². The Morgan fingerprint density at radius 2 is 1.75 bits per heavy atom. The van der Waals surface area contributed by atoms with Gasteiger partial charge in [-0.05, 0) is 17.7 Å². The predicted octanol–water partition coefficient (Wildman–Crippen LogP) is 3.00. The van der Waals surface area contributed by atoms with E-state index in [1.54, 1.807) is 18.2 Å². The molecule has 0 amide bonds. The maximum Gasteiger partial charge on any atom is 0.106 e. The molecule has 0 unspecified atom stereocenters. The minimum Gasteiger partial charge on any atom is -0.398 e. The Balaban J connectivity index is 2.38. The van der Waals surface area contributed by atoms with Crippen LogP contribution >= 0.6 is 11.6 Å². The molecule has 1 atom stereocenters. The van der Waals surface area contributed by atoms with E-state index in [9.17, 15) is 5.11 Å². The second-order valence-corrected chi connectivity index (χ2v) is 4.02. The van der Waals surface area contributed by atoms with Gasteiger partial charge in [0, 0.05) is 16.3 Å². The number of halogens is 1. The fourth-order valence-corrected chi connectivity index (χ4v) is 1.79. The van der Waals surface area contributed by atoms with E-state index in [0.717, 1.165) is 5.56 Å². The van der Waals surface area contributed by atoms with Gasteiger partial charge in [0.1, 0.15) is 6.10 Å². The second kappa shape index (κ2) is 4.56. The molecule has 16 heavy (non-hydrogen) atoms. The molecule has 82 valence electrons. The van der Waals surface area contributed by atoms with Crippen LogP contribution in [0.25, 0.3) is 0 Å². The first-order valence-electron chi connectivity index (χ1n) is 4.96. The van der Waals surface area contributed by atoms with Crippen molar-refractivity contribution in [2.24, 2.45) is 0 Å². The molecule has 0 aromatic heterocycles. The Hall–Kier alpha value is -1.51. The van der Waals surface area contributed by atoms with Crippen molar-refractivity contribution < 1.29 is 5.11 Å². The van der Waals surface area contributed by atoms with E-state index < -0.39 is 6.10 Å². The molecule has 0 heterocycles. The summed E-state index contributed by atoms with van der Waals surface area (Å²) < 4.78 is 0. The Morgan fingerprint density at radius 3 is 2.38 bits per heavy atom. The molecule has 0 aliphatic carbocycles. The van der Waals surface area contributed by atoms with Crippen LogP contribution < -0.4 is 5.73 Å². The minimum absolute atomic E-state index is 0.504. The van der Waals surface area contributed by atoms with Crippen molar-refractivity contribution in [1.82, 2.24) is 0 Å². The molecule has 2 nitrogen and oxygen atoms in total. The highest BCUT2D eigenvalue weighted by Gasteiger charge is 2.12. The van der Waals surface area contributed by atoms with Gasteiger partial charge in [0.25, 0.3) is 0 Å². The van der Waals surface area contributed by atoms with Gasteiger partial charge in [0.2, 0.25) is 0 Å². The summed E-state index contributed by atoms with van der Waals surface area (Å²) in [5.41, 5.74) is 7.81. The van der Waals surface area contributed by atoms with Gasteiger partial charge in [-0.3, -0.25) is 0 Å². The molecule has 0 fully saturated rings.